The van der Waals surface area contributed by atoms with Crippen LogP contribution in [-0.2, 0) is 20.4 Å². The van der Waals surface area contributed by atoms with Crippen LogP contribution in [0.2, 0.25) is 0 Å². The van der Waals surface area contributed by atoms with Gasteiger partial charge < -0.3 is 9.84 Å². The van der Waals surface area contributed by atoms with Crippen molar-refractivity contribution in [2.75, 3.05) is 6.61 Å². The van der Waals surface area contributed by atoms with E-state index in [4.69, 9.17) is 4.74 Å². The molecule has 0 saturated heterocycles. The molecule has 0 heterocycles. The predicted octanol–water partition coefficient (Wildman–Crippen LogP) is 4.56. The number of aromatic hydroxyl groups is 1. The quantitative estimate of drug-likeness (QED) is 0.657. The molecule has 1 aromatic rings. The fourth-order valence-corrected chi connectivity index (χ4v) is 2.25. The van der Waals surface area contributed by atoms with Crippen LogP contribution >= 0.6 is 0 Å². The number of rotatable bonds is 3. The third-order valence-corrected chi connectivity index (χ3v) is 3.45. The second kappa shape index (κ2) is 6.55. The first-order valence-electron chi connectivity index (χ1n) is 7.69. The molecule has 0 aromatic heterocycles. The van der Waals surface area contributed by atoms with Gasteiger partial charge in [0, 0.05) is 17.2 Å². The number of esters is 1. The van der Waals surface area contributed by atoms with Crippen molar-refractivity contribution in [3.63, 3.8) is 0 Å². The van der Waals surface area contributed by atoms with Crippen LogP contribution in [0.15, 0.2) is 18.2 Å². The van der Waals surface area contributed by atoms with Crippen molar-refractivity contribution in [2.24, 2.45) is 0 Å². The Kier molecular flexibility index (Phi) is 5.44. The maximum absolute atomic E-state index is 11.5. The van der Waals surface area contributed by atoms with Crippen molar-refractivity contribution in [3.05, 3.63) is 34.9 Å². The van der Waals surface area contributed by atoms with Crippen LogP contribution in [0.3, 0.4) is 0 Å². The first-order chi connectivity index (χ1) is 9.96. The summed E-state index contributed by atoms with van der Waals surface area (Å²) < 4.78 is 4.91. The maximum Gasteiger partial charge on any atom is 0.330 e. The number of ether oxygens (including phenoxy) is 1. The van der Waals surface area contributed by atoms with Gasteiger partial charge in [-0.25, -0.2) is 4.79 Å². The Labute approximate surface area is 134 Å². The van der Waals surface area contributed by atoms with Crippen molar-refractivity contribution < 1.29 is 14.6 Å². The number of benzene rings is 1. The Morgan fingerprint density at radius 1 is 1.09 bits per heavy atom. The first kappa shape index (κ1) is 18.3. The van der Waals surface area contributed by atoms with Gasteiger partial charge in [-0.05, 0) is 41.5 Å². The fraction of sp³-hybridized carbons (Fsp3) is 0.526. The van der Waals surface area contributed by atoms with Crippen LogP contribution in [0.1, 0.15) is 65.2 Å². The van der Waals surface area contributed by atoms with Crippen molar-refractivity contribution in [1.29, 1.82) is 0 Å². The lowest BCUT2D eigenvalue weighted by Crippen LogP contribution is -2.17. The minimum absolute atomic E-state index is 0.183. The summed E-state index contributed by atoms with van der Waals surface area (Å²) in [6, 6.07) is 3.86. The molecular weight excluding hydrogens is 276 g/mol. The average molecular weight is 304 g/mol. The van der Waals surface area contributed by atoms with Gasteiger partial charge in [-0.15, -0.1) is 0 Å². The Morgan fingerprint density at radius 3 is 1.91 bits per heavy atom. The van der Waals surface area contributed by atoms with E-state index in [0.717, 1.165) is 16.7 Å². The molecule has 0 aliphatic rings. The fourth-order valence-electron chi connectivity index (χ4n) is 2.25. The maximum atomic E-state index is 11.5. The lowest BCUT2D eigenvalue weighted by molar-refractivity contribution is -0.137. The molecule has 0 atom stereocenters. The highest BCUT2D eigenvalue weighted by Crippen LogP contribution is 2.39. The predicted molar refractivity (Wildman–Crippen MR) is 91.2 cm³/mol. The number of hydrogen-bond donors (Lipinski definition) is 1. The summed E-state index contributed by atoms with van der Waals surface area (Å²) in [6.45, 7) is 14.5. The van der Waals surface area contributed by atoms with Gasteiger partial charge in [-0.2, -0.15) is 0 Å². The van der Waals surface area contributed by atoms with Gasteiger partial charge in [0.05, 0.1) is 6.61 Å². The molecule has 22 heavy (non-hydrogen) atoms. The number of carbonyl (C=O) groups excluding carboxylic acids is 1. The minimum atomic E-state index is -0.356. The number of hydrogen-bond acceptors (Lipinski definition) is 3. The molecule has 0 unspecified atom stereocenters. The second-order valence-electron chi connectivity index (χ2n) is 7.55. The Morgan fingerprint density at radius 2 is 1.55 bits per heavy atom. The Bertz CT molecular complexity index is 534. The molecule has 1 N–H and O–H groups in total. The summed E-state index contributed by atoms with van der Waals surface area (Å²) in [7, 11) is 0. The molecule has 122 valence electrons. The van der Waals surface area contributed by atoms with Gasteiger partial charge >= 0.3 is 5.97 Å². The third kappa shape index (κ3) is 4.62. The van der Waals surface area contributed by atoms with Crippen LogP contribution in [-0.4, -0.2) is 17.7 Å². The van der Waals surface area contributed by atoms with Crippen LogP contribution in [0.5, 0.6) is 5.75 Å². The standard InChI is InChI=1S/C19H28O3/c1-8-22-16(20)10-9-13-11-14(18(2,3)4)17(21)15(12-13)19(5,6)7/h9-12,21H,8H2,1-7H3/b10-9+. The third-order valence-electron chi connectivity index (χ3n) is 3.45. The summed E-state index contributed by atoms with van der Waals surface area (Å²) in [5, 5.41) is 10.6. The summed E-state index contributed by atoms with van der Waals surface area (Å²) in [5.74, 6) is -0.0153. The molecule has 1 aromatic carbocycles. The highest BCUT2D eigenvalue weighted by Gasteiger charge is 2.26. The molecule has 0 radical (unpaired) electrons. The van der Waals surface area contributed by atoms with Gasteiger partial charge in [0.15, 0.2) is 0 Å². The average Bonchev–Trinajstić information content (AvgIpc) is 2.35. The molecule has 3 nitrogen and oxygen atoms in total. The van der Waals surface area contributed by atoms with E-state index in [1.54, 1.807) is 13.0 Å². The summed E-state index contributed by atoms with van der Waals surface area (Å²) in [6.07, 6.45) is 3.16. The van der Waals surface area contributed by atoms with Gasteiger partial charge in [0.2, 0.25) is 0 Å². The summed E-state index contributed by atoms with van der Waals surface area (Å²) >= 11 is 0. The van der Waals surface area contributed by atoms with Crippen molar-refractivity contribution in [2.45, 2.75) is 59.3 Å². The molecule has 0 spiro atoms. The molecule has 0 aliphatic carbocycles. The van der Waals surface area contributed by atoms with Gasteiger partial charge in [0.25, 0.3) is 0 Å². The van der Waals surface area contributed by atoms with Crippen LogP contribution in [0, 0.1) is 0 Å². The second-order valence-corrected chi connectivity index (χ2v) is 7.55. The zero-order valence-corrected chi connectivity index (χ0v) is 14.8. The lowest BCUT2D eigenvalue weighted by Gasteiger charge is -2.27. The molecule has 0 fully saturated rings. The van der Waals surface area contributed by atoms with Crippen molar-refractivity contribution in [1.82, 2.24) is 0 Å². The van der Waals surface area contributed by atoms with Gasteiger partial charge in [-0.3, -0.25) is 0 Å². The molecule has 1 rings (SSSR count). The van der Waals surface area contributed by atoms with Gasteiger partial charge in [0.1, 0.15) is 5.75 Å². The largest absolute Gasteiger partial charge is 0.507 e. The Balaban J connectivity index is 3.39. The SMILES string of the molecule is CCOC(=O)/C=C/c1cc(C(C)(C)C)c(O)c(C(C)(C)C)c1. The number of carbonyl (C=O) groups is 1. The molecule has 0 aliphatic heterocycles. The smallest absolute Gasteiger partial charge is 0.330 e. The normalized spacial score (nSPS) is 12.7. The van der Waals surface area contributed by atoms with Crippen molar-refractivity contribution >= 4 is 12.0 Å². The van der Waals surface area contributed by atoms with Crippen molar-refractivity contribution in [3.8, 4) is 5.75 Å². The highest BCUT2D eigenvalue weighted by molar-refractivity contribution is 5.87. The first-order valence-corrected chi connectivity index (χ1v) is 7.69. The molecule has 3 heteroatoms. The molecule has 0 saturated carbocycles. The number of phenolic OH excluding ortho intramolecular Hbond substituents is 1. The molecule has 0 bridgehead atoms. The minimum Gasteiger partial charge on any atom is -0.507 e. The van der Waals surface area contributed by atoms with Crippen LogP contribution in [0.25, 0.3) is 6.08 Å². The van der Waals surface area contributed by atoms with E-state index < -0.39 is 0 Å². The zero-order chi connectivity index (χ0) is 17.1. The monoisotopic (exact) mass is 304 g/mol. The Hall–Kier alpha value is -1.77. The summed E-state index contributed by atoms with van der Waals surface area (Å²) in [5.41, 5.74) is 2.28. The van der Waals surface area contributed by atoms with Crippen LogP contribution < -0.4 is 0 Å². The van der Waals surface area contributed by atoms with Crippen LogP contribution in [0.4, 0.5) is 0 Å². The lowest BCUT2D eigenvalue weighted by atomic mass is 9.78. The highest BCUT2D eigenvalue weighted by atomic mass is 16.5. The van der Waals surface area contributed by atoms with E-state index in [-0.39, 0.29) is 16.8 Å². The van der Waals surface area contributed by atoms with E-state index in [1.807, 2.05) is 12.1 Å². The summed E-state index contributed by atoms with van der Waals surface area (Å²) in [4.78, 5) is 11.5. The van der Waals surface area contributed by atoms with E-state index >= 15 is 0 Å². The van der Waals surface area contributed by atoms with E-state index in [0.29, 0.717) is 12.4 Å². The zero-order valence-electron chi connectivity index (χ0n) is 14.8. The molecular formula is C19H28O3. The van der Waals surface area contributed by atoms with E-state index in [2.05, 4.69) is 41.5 Å². The van der Waals surface area contributed by atoms with Gasteiger partial charge in [-0.1, -0.05) is 41.5 Å². The van der Waals surface area contributed by atoms with E-state index in [9.17, 15) is 9.90 Å². The number of phenols is 1. The topological polar surface area (TPSA) is 46.5 Å². The van der Waals surface area contributed by atoms with E-state index in [1.165, 1.54) is 6.08 Å². The molecule has 0 amide bonds.